The van der Waals surface area contributed by atoms with E-state index in [1.807, 2.05) is 12.1 Å². The number of amides is 1. The number of para-hydroxylation sites is 2. The van der Waals surface area contributed by atoms with E-state index >= 15 is 0 Å². The molecule has 2 heterocycles. The Labute approximate surface area is 192 Å². The molecule has 0 unspecified atom stereocenters. The monoisotopic (exact) mass is 432 g/mol. The molecule has 0 radical (unpaired) electrons. The molecule has 1 fully saturated rings. The standard InChI is InChI=1S/C27H36N4O/c1-2-3-4-5-9-16-25(32)31-19-17-27(18-20-31)26(28-21-22-12-7-6-8-13-22)29-23-14-10-11-15-24(23)30-27/h6-8,10-15,30H,2-5,9,16-21H2,1H3,(H,28,29). The van der Waals surface area contributed by atoms with Crippen LogP contribution in [0.2, 0.25) is 0 Å². The van der Waals surface area contributed by atoms with Gasteiger partial charge in [0.15, 0.2) is 0 Å². The van der Waals surface area contributed by atoms with Crippen LogP contribution in [0.3, 0.4) is 0 Å². The van der Waals surface area contributed by atoms with Crippen molar-refractivity contribution >= 4 is 23.1 Å². The van der Waals surface area contributed by atoms with Crippen LogP contribution in [0.1, 0.15) is 63.9 Å². The van der Waals surface area contributed by atoms with Crippen LogP contribution in [0.25, 0.3) is 0 Å². The molecule has 0 bridgehead atoms. The summed E-state index contributed by atoms with van der Waals surface area (Å²) in [5, 5.41) is 7.40. The Morgan fingerprint density at radius 1 is 0.938 bits per heavy atom. The van der Waals surface area contributed by atoms with Gasteiger partial charge in [-0.25, -0.2) is 0 Å². The maximum atomic E-state index is 12.8. The number of unbranched alkanes of at least 4 members (excludes halogenated alkanes) is 4. The summed E-state index contributed by atoms with van der Waals surface area (Å²) in [7, 11) is 0. The average molecular weight is 433 g/mol. The fourth-order valence-electron chi connectivity index (χ4n) is 4.75. The van der Waals surface area contributed by atoms with Gasteiger partial charge in [-0.15, -0.1) is 0 Å². The van der Waals surface area contributed by atoms with Crippen molar-refractivity contribution in [2.75, 3.05) is 23.7 Å². The molecular weight excluding hydrogens is 396 g/mol. The molecule has 32 heavy (non-hydrogen) atoms. The second-order valence-corrected chi connectivity index (χ2v) is 9.07. The highest BCUT2D eigenvalue weighted by molar-refractivity contribution is 6.09. The summed E-state index contributed by atoms with van der Waals surface area (Å²) in [5.74, 6) is 1.30. The zero-order valence-electron chi connectivity index (χ0n) is 19.3. The third-order valence-electron chi connectivity index (χ3n) is 6.73. The van der Waals surface area contributed by atoms with Crippen molar-refractivity contribution in [3.63, 3.8) is 0 Å². The van der Waals surface area contributed by atoms with Gasteiger partial charge in [0.1, 0.15) is 5.84 Å². The fraction of sp³-hybridized carbons (Fsp3) is 0.481. The van der Waals surface area contributed by atoms with Crippen molar-refractivity contribution in [3.8, 4) is 0 Å². The van der Waals surface area contributed by atoms with Gasteiger partial charge in [0.05, 0.1) is 23.5 Å². The number of rotatable bonds is 8. The average Bonchev–Trinajstić information content (AvgIpc) is 2.83. The summed E-state index contributed by atoms with van der Waals surface area (Å²) in [4.78, 5) is 19.8. The number of benzene rings is 2. The predicted molar refractivity (Wildman–Crippen MR) is 133 cm³/mol. The minimum atomic E-state index is -0.249. The summed E-state index contributed by atoms with van der Waals surface area (Å²) >= 11 is 0. The highest BCUT2D eigenvalue weighted by Crippen LogP contribution is 2.37. The molecule has 1 saturated heterocycles. The van der Waals surface area contributed by atoms with E-state index in [0.29, 0.717) is 18.9 Å². The van der Waals surface area contributed by atoms with Gasteiger partial charge in [-0.05, 0) is 37.0 Å². The van der Waals surface area contributed by atoms with E-state index in [1.165, 1.54) is 24.8 Å². The summed E-state index contributed by atoms with van der Waals surface area (Å²) < 4.78 is 0. The largest absolute Gasteiger partial charge is 0.371 e. The van der Waals surface area contributed by atoms with Gasteiger partial charge in [-0.1, -0.05) is 75.1 Å². The topological polar surface area (TPSA) is 56.7 Å². The van der Waals surface area contributed by atoms with Crippen molar-refractivity contribution in [1.29, 1.82) is 0 Å². The lowest BCUT2D eigenvalue weighted by Crippen LogP contribution is -2.59. The van der Waals surface area contributed by atoms with Crippen molar-refractivity contribution in [1.82, 2.24) is 4.90 Å². The number of hydrogen-bond donors (Lipinski definition) is 2. The first-order valence-corrected chi connectivity index (χ1v) is 12.2. The lowest BCUT2D eigenvalue weighted by atomic mass is 9.83. The zero-order valence-corrected chi connectivity index (χ0v) is 19.3. The van der Waals surface area contributed by atoms with Crippen molar-refractivity contribution in [2.24, 2.45) is 4.99 Å². The van der Waals surface area contributed by atoms with Crippen LogP contribution >= 0.6 is 0 Å². The molecule has 2 N–H and O–H groups in total. The Morgan fingerprint density at radius 3 is 2.38 bits per heavy atom. The minimum Gasteiger partial charge on any atom is -0.371 e. The summed E-state index contributed by atoms with van der Waals surface area (Å²) in [6.07, 6.45) is 8.33. The van der Waals surface area contributed by atoms with E-state index in [9.17, 15) is 4.79 Å². The van der Waals surface area contributed by atoms with E-state index in [0.717, 1.165) is 56.0 Å². The predicted octanol–water partition coefficient (Wildman–Crippen LogP) is 5.84. The van der Waals surface area contributed by atoms with Crippen molar-refractivity contribution in [3.05, 3.63) is 60.2 Å². The van der Waals surface area contributed by atoms with Gasteiger partial charge in [0.2, 0.25) is 5.91 Å². The van der Waals surface area contributed by atoms with E-state index in [1.54, 1.807) is 0 Å². The number of hydrogen-bond acceptors (Lipinski definition) is 3. The lowest BCUT2D eigenvalue weighted by Gasteiger charge is -2.46. The fourth-order valence-corrected chi connectivity index (χ4v) is 4.75. The summed E-state index contributed by atoms with van der Waals surface area (Å²) in [5.41, 5.74) is 3.13. The summed E-state index contributed by atoms with van der Waals surface area (Å²) in [6, 6.07) is 18.7. The smallest absolute Gasteiger partial charge is 0.222 e. The number of carbonyl (C=O) groups is 1. The molecule has 4 rings (SSSR count). The lowest BCUT2D eigenvalue weighted by molar-refractivity contribution is -0.132. The molecule has 2 aliphatic heterocycles. The number of carbonyl (C=O) groups excluding carboxylic acids is 1. The maximum absolute atomic E-state index is 12.8. The number of nitrogens with one attached hydrogen (secondary N) is 2. The molecule has 2 aromatic rings. The van der Waals surface area contributed by atoms with Crippen LogP contribution in [-0.4, -0.2) is 35.3 Å². The molecule has 0 aromatic heterocycles. The van der Waals surface area contributed by atoms with Crippen molar-refractivity contribution < 1.29 is 4.79 Å². The summed E-state index contributed by atoms with van der Waals surface area (Å²) in [6.45, 7) is 4.41. The highest BCUT2D eigenvalue weighted by atomic mass is 16.2. The third-order valence-corrected chi connectivity index (χ3v) is 6.73. The molecule has 0 atom stereocenters. The van der Waals surface area contributed by atoms with Crippen LogP contribution in [0.4, 0.5) is 11.4 Å². The molecule has 5 heteroatoms. The highest BCUT2D eigenvalue weighted by Gasteiger charge is 2.43. The molecule has 2 aromatic carbocycles. The molecule has 0 saturated carbocycles. The van der Waals surface area contributed by atoms with E-state index in [4.69, 9.17) is 4.99 Å². The van der Waals surface area contributed by atoms with E-state index in [-0.39, 0.29) is 5.54 Å². The Hall–Kier alpha value is -2.82. The number of aliphatic imine (C=N–C) groups is 1. The van der Waals surface area contributed by atoms with Gasteiger partial charge in [-0.2, -0.15) is 0 Å². The van der Waals surface area contributed by atoms with Crippen LogP contribution in [0.5, 0.6) is 0 Å². The number of piperidine rings is 1. The Bertz CT molecular complexity index is 916. The first-order valence-electron chi connectivity index (χ1n) is 12.2. The number of amidine groups is 1. The third kappa shape index (κ3) is 5.32. The Kier molecular flexibility index (Phi) is 7.46. The number of likely N-dealkylation sites (tertiary alicyclic amines) is 1. The van der Waals surface area contributed by atoms with Gasteiger partial charge < -0.3 is 15.5 Å². The van der Waals surface area contributed by atoms with Crippen LogP contribution in [0, 0.1) is 0 Å². The van der Waals surface area contributed by atoms with E-state index in [2.05, 4.69) is 64.9 Å². The Morgan fingerprint density at radius 2 is 1.62 bits per heavy atom. The van der Waals surface area contributed by atoms with Gasteiger partial charge in [0.25, 0.3) is 0 Å². The molecule has 0 aliphatic carbocycles. The normalized spacial score (nSPS) is 18.2. The van der Waals surface area contributed by atoms with Crippen LogP contribution < -0.4 is 10.6 Å². The number of nitrogens with zero attached hydrogens (tertiary/aromatic N) is 2. The second kappa shape index (κ2) is 10.7. The zero-order chi connectivity index (χ0) is 22.2. The Balaban J connectivity index is 1.43. The maximum Gasteiger partial charge on any atom is 0.222 e. The second-order valence-electron chi connectivity index (χ2n) is 9.07. The van der Waals surface area contributed by atoms with Crippen LogP contribution in [-0.2, 0) is 11.3 Å². The van der Waals surface area contributed by atoms with E-state index < -0.39 is 0 Å². The van der Waals surface area contributed by atoms with Crippen molar-refractivity contribution in [2.45, 2.75) is 70.4 Å². The molecule has 2 aliphatic rings. The molecule has 5 nitrogen and oxygen atoms in total. The SMILES string of the molecule is CCCCCCCC(=O)N1CCC2(CC1)Nc1ccccc1NC2=NCc1ccccc1. The number of anilines is 2. The van der Waals surface area contributed by atoms with Crippen LogP contribution in [0.15, 0.2) is 59.6 Å². The first kappa shape index (κ1) is 22.4. The van der Waals surface area contributed by atoms with Gasteiger partial charge in [0, 0.05) is 19.5 Å². The molecule has 1 spiro atoms. The van der Waals surface area contributed by atoms with Gasteiger partial charge in [-0.3, -0.25) is 9.79 Å². The number of fused-ring (bicyclic) bond motifs is 1. The first-order chi connectivity index (χ1) is 15.7. The quantitative estimate of drug-likeness (QED) is 0.515. The van der Waals surface area contributed by atoms with Gasteiger partial charge >= 0.3 is 0 Å². The molecular formula is C27H36N4O. The minimum absolute atomic E-state index is 0.249. The molecule has 170 valence electrons. The molecule has 1 amide bonds.